The number of hydrogen-bond donors (Lipinski definition) is 2. The minimum Gasteiger partial charge on any atom is -0.329 e. The predicted octanol–water partition coefficient (Wildman–Crippen LogP) is 1.60. The lowest BCUT2D eigenvalue weighted by atomic mass is 10.1. The van der Waals surface area contributed by atoms with Gasteiger partial charge in [0.2, 0.25) is 11.8 Å². The summed E-state index contributed by atoms with van der Waals surface area (Å²) in [5.74, 6) is 0.299. The molecule has 0 aliphatic carbocycles. The first-order valence-electron chi connectivity index (χ1n) is 8.04. The van der Waals surface area contributed by atoms with Crippen LogP contribution in [0, 0.1) is 10.1 Å². The van der Waals surface area contributed by atoms with Gasteiger partial charge in [-0.15, -0.1) is 0 Å². The molecule has 0 bridgehead atoms. The van der Waals surface area contributed by atoms with Crippen molar-refractivity contribution in [3.05, 3.63) is 34.4 Å². The van der Waals surface area contributed by atoms with Crippen LogP contribution in [0.2, 0.25) is 0 Å². The van der Waals surface area contributed by atoms with E-state index in [1.54, 1.807) is 16.7 Å². The monoisotopic (exact) mass is 366 g/mol. The van der Waals surface area contributed by atoms with Crippen LogP contribution < -0.4 is 11.1 Å². The van der Waals surface area contributed by atoms with Gasteiger partial charge >= 0.3 is 0 Å². The third-order valence-electron chi connectivity index (χ3n) is 4.13. The molecule has 136 valence electrons. The number of anilines is 1. The van der Waals surface area contributed by atoms with E-state index in [9.17, 15) is 19.7 Å². The Morgan fingerprint density at radius 1 is 1.44 bits per heavy atom. The molecule has 2 rings (SSSR count). The minimum absolute atomic E-state index is 0.0459. The van der Waals surface area contributed by atoms with Crippen LogP contribution in [0.25, 0.3) is 0 Å². The molecule has 1 fully saturated rings. The van der Waals surface area contributed by atoms with E-state index in [2.05, 4.69) is 5.32 Å². The number of nitrogens with one attached hydrogen (secondary N) is 1. The predicted molar refractivity (Wildman–Crippen MR) is 97.4 cm³/mol. The molecule has 0 spiro atoms. The van der Waals surface area contributed by atoms with E-state index >= 15 is 0 Å². The molecule has 1 saturated heterocycles. The number of rotatable bonds is 7. The van der Waals surface area contributed by atoms with Crippen LogP contribution in [0.3, 0.4) is 0 Å². The second-order valence-electron chi connectivity index (χ2n) is 5.87. The topological polar surface area (TPSA) is 119 Å². The van der Waals surface area contributed by atoms with Crippen molar-refractivity contribution in [1.29, 1.82) is 0 Å². The molecule has 8 nitrogen and oxygen atoms in total. The smallest absolute Gasteiger partial charge is 0.269 e. The Morgan fingerprint density at radius 2 is 2.12 bits per heavy atom. The standard InChI is InChI=1S/C16H22N4O4S/c1-25-10-8-13(17)16(22)19-9-2-3-14(19)15(21)18-11-4-6-12(7-5-11)20(23)24/h4-7,13-14H,2-3,8-10,17H2,1H3,(H,18,21)/t13-,14-/m0/s1. The Balaban J connectivity index is 1.99. The lowest BCUT2D eigenvalue weighted by molar-refractivity contribution is -0.384. The SMILES string of the molecule is CSCC[C@H](N)C(=O)N1CCC[C@H]1C(=O)Nc1ccc([N+](=O)[O-])cc1. The molecule has 1 aliphatic heterocycles. The summed E-state index contributed by atoms with van der Waals surface area (Å²) in [7, 11) is 0. The van der Waals surface area contributed by atoms with Crippen LogP contribution in [0.15, 0.2) is 24.3 Å². The largest absolute Gasteiger partial charge is 0.329 e. The summed E-state index contributed by atoms with van der Waals surface area (Å²) in [6.45, 7) is 0.518. The summed E-state index contributed by atoms with van der Waals surface area (Å²) in [5.41, 5.74) is 6.36. The number of carbonyl (C=O) groups excluding carboxylic acids is 2. The van der Waals surface area contributed by atoms with Crippen molar-refractivity contribution in [3.63, 3.8) is 0 Å². The number of benzene rings is 1. The molecule has 1 aliphatic rings. The van der Waals surface area contributed by atoms with Crippen LogP contribution in [-0.2, 0) is 9.59 Å². The number of nitro benzene ring substituents is 1. The Bertz CT molecular complexity index is 638. The summed E-state index contributed by atoms with van der Waals surface area (Å²) in [5, 5.41) is 13.4. The van der Waals surface area contributed by atoms with E-state index in [0.29, 0.717) is 25.1 Å². The number of thioether (sulfide) groups is 1. The van der Waals surface area contributed by atoms with Crippen molar-refractivity contribution >= 4 is 35.0 Å². The fourth-order valence-electron chi connectivity index (χ4n) is 2.78. The molecule has 1 aromatic carbocycles. The molecular weight excluding hydrogens is 344 g/mol. The van der Waals surface area contributed by atoms with E-state index in [1.807, 2.05) is 6.26 Å². The van der Waals surface area contributed by atoms with E-state index in [4.69, 9.17) is 5.73 Å². The van der Waals surface area contributed by atoms with Gasteiger partial charge in [-0.1, -0.05) is 0 Å². The van der Waals surface area contributed by atoms with Crippen LogP contribution in [-0.4, -0.2) is 52.3 Å². The van der Waals surface area contributed by atoms with Gasteiger partial charge in [0, 0.05) is 24.4 Å². The number of non-ortho nitro benzene ring substituents is 1. The van der Waals surface area contributed by atoms with Gasteiger partial charge in [-0.25, -0.2) is 0 Å². The van der Waals surface area contributed by atoms with Crippen molar-refractivity contribution < 1.29 is 14.5 Å². The Kier molecular flexibility index (Phi) is 6.77. The molecule has 2 atom stereocenters. The first-order valence-corrected chi connectivity index (χ1v) is 9.43. The molecule has 0 unspecified atom stereocenters. The summed E-state index contributed by atoms with van der Waals surface area (Å²) < 4.78 is 0. The highest BCUT2D eigenvalue weighted by Crippen LogP contribution is 2.22. The molecule has 1 heterocycles. The summed E-state index contributed by atoms with van der Waals surface area (Å²) >= 11 is 1.62. The molecule has 0 saturated carbocycles. The average molecular weight is 366 g/mol. The minimum atomic E-state index is -0.597. The number of nitro groups is 1. The maximum atomic E-state index is 12.5. The van der Waals surface area contributed by atoms with Gasteiger partial charge in [0.05, 0.1) is 11.0 Å². The first-order chi connectivity index (χ1) is 11.9. The fraction of sp³-hybridized carbons (Fsp3) is 0.500. The van der Waals surface area contributed by atoms with E-state index in [1.165, 1.54) is 24.3 Å². The number of carbonyl (C=O) groups is 2. The van der Waals surface area contributed by atoms with E-state index in [0.717, 1.165) is 12.2 Å². The van der Waals surface area contributed by atoms with Gasteiger partial charge < -0.3 is 16.0 Å². The second kappa shape index (κ2) is 8.82. The number of likely N-dealkylation sites (tertiary alicyclic amines) is 1. The quantitative estimate of drug-likeness (QED) is 0.559. The van der Waals surface area contributed by atoms with Gasteiger partial charge in [0.15, 0.2) is 0 Å². The normalized spacial score (nSPS) is 18.0. The zero-order valence-electron chi connectivity index (χ0n) is 14.0. The average Bonchev–Trinajstić information content (AvgIpc) is 3.09. The van der Waals surface area contributed by atoms with Gasteiger partial charge in [0.1, 0.15) is 6.04 Å². The zero-order valence-corrected chi connectivity index (χ0v) is 14.8. The van der Waals surface area contributed by atoms with Crippen LogP contribution in [0.5, 0.6) is 0 Å². The highest BCUT2D eigenvalue weighted by atomic mass is 32.2. The van der Waals surface area contributed by atoms with E-state index in [-0.39, 0.29) is 17.5 Å². The fourth-order valence-corrected chi connectivity index (χ4v) is 3.27. The second-order valence-corrected chi connectivity index (χ2v) is 6.86. The maximum absolute atomic E-state index is 12.5. The van der Waals surface area contributed by atoms with Gasteiger partial charge in [-0.05, 0) is 43.4 Å². The Labute approximate surface area is 150 Å². The molecule has 0 aromatic heterocycles. The lowest BCUT2D eigenvalue weighted by Crippen LogP contribution is -2.49. The van der Waals surface area contributed by atoms with Gasteiger partial charge in [-0.2, -0.15) is 11.8 Å². The Morgan fingerprint density at radius 3 is 2.72 bits per heavy atom. The van der Waals surface area contributed by atoms with Crippen molar-refractivity contribution in [2.75, 3.05) is 23.9 Å². The van der Waals surface area contributed by atoms with Crippen molar-refractivity contribution in [2.45, 2.75) is 31.3 Å². The number of hydrogen-bond acceptors (Lipinski definition) is 6. The summed E-state index contributed by atoms with van der Waals surface area (Å²) in [4.78, 5) is 36.7. The molecule has 0 radical (unpaired) electrons. The summed E-state index contributed by atoms with van der Waals surface area (Å²) in [6, 6.07) is 4.45. The first kappa shape index (κ1) is 19.2. The highest BCUT2D eigenvalue weighted by Gasteiger charge is 2.36. The van der Waals surface area contributed by atoms with Crippen LogP contribution in [0.4, 0.5) is 11.4 Å². The van der Waals surface area contributed by atoms with Crippen molar-refractivity contribution in [2.24, 2.45) is 5.73 Å². The maximum Gasteiger partial charge on any atom is 0.269 e. The van der Waals surface area contributed by atoms with Crippen LogP contribution in [0.1, 0.15) is 19.3 Å². The molecule has 2 amide bonds. The molecule has 25 heavy (non-hydrogen) atoms. The van der Waals surface area contributed by atoms with Crippen molar-refractivity contribution in [1.82, 2.24) is 4.90 Å². The van der Waals surface area contributed by atoms with Gasteiger partial charge in [0.25, 0.3) is 5.69 Å². The molecule has 1 aromatic rings. The van der Waals surface area contributed by atoms with E-state index < -0.39 is 17.0 Å². The molecule has 3 N–H and O–H groups in total. The van der Waals surface area contributed by atoms with Gasteiger partial charge in [-0.3, -0.25) is 19.7 Å². The highest BCUT2D eigenvalue weighted by molar-refractivity contribution is 7.98. The number of amides is 2. The third-order valence-corrected chi connectivity index (χ3v) is 4.78. The van der Waals surface area contributed by atoms with Crippen molar-refractivity contribution in [3.8, 4) is 0 Å². The lowest BCUT2D eigenvalue weighted by Gasteiger charge is -2.26. The number of nitrogens with zero attached hydrogens (tertiary/aromatic N) is 2. The molecular formula is C16H22N4O4S. The third kappa shape index (κ3) is 4.93. The summed E-state index contributed by atoms with van der Waals surface area (Å²) in [6.07, 6.45) is 3.86. The Hall–Kier alpha value is -2.13. The molecule has 9 heteroatoms. The zero-order chi connectivity index (χ0) is 18.4. The van der Waals surface area contributed by atoms with Crippen LogP contribution >= 0.6 is 11.8 Å². The number of nitrogens with two attached hydrogens (primary N) is 1.